The minimum Gasteiger partial charge on any atom is -0.508 e. The lowest BCUT2D eigenvalue weighted by Crippen LogP contribution is -1.93. The Balaban J connectivity index is 2.77. The highest BCUT2D eigenvalue weighted by atomic mass is 16.3. The first-order valence-electron chi connectivity index (χ1n) is 6.13. The number of rotatable bonds is 6. The fourth-order valence-corrected chi connectivity index (χ4v) is 1.83. The summed E-state index contributed by atoms with van der Waals surface area (Å²) < 4.78 is 0. The van der Waals surface area contributed by atoms with Crippen LogP contribution in [-0.2, 0) is 6.42 Å². The lowest BCUT2D eigenvalue weighted by Gasteiger charge is -2.11. The zero-order chi connectivity index (χ0) is 12.0. The molecule has 0 aliphatic heterocycles. The van der Waals surface area contributed by atoms with Crippen molar-refractivity contribution in [2.45, 2.75) is 45.4 Å². The standard InChI is InChI=1S/C15H22O/c1-4-6-7-8-13-9-10-15(16)14(11-13)12(3)5-2/h5,9-12,16H,2,4,6-8H2,1,3H3. The first-order valence-corrected chi connectivity index (χ1v) is 6.13. The van der Waals surface area contributed by atoms with E-state index in [4.69, 9.17) is 0 Å². The molecule has 0 saturated carbocycles. The molecule has 88 valence electrons. The number of hydrogen-bond donors (Lipinski definition) is 1. The van der Waals surface area contributed by atoms with Gasteiger partial charge in [0.25, 0.3) is 0 Å². The van der Waals surface area contributed by atoms with Crippen molar-refractivity contribution in [2.75, 3.05) is 0 Å². The highest BCUT2D eigenvalue weighted by Gasteiger charge is 2.07. The summed E-state index contributed by atoms with van der Waals surface area (Å²) in [7, 11) is 0. The molecule has 0 saturated heterocycles. The third kappa shape index (κ3) is 3.41. The Bertz CT molecular complexity index is 341. The van der Waals surface area contributed by atoms with Crippen LogP contribution < -0.4 is 0 Å². The van der Waals surface area contributed by atoms with Gasteiger partial charge in [0.05, 0.1) is 0 Å². The van der Waals surface area contributed by atoms with E-state index in [1.54, 1.807) is 6.07 Å². The molecule has 1 aromatic rings. The second-order valence-corrected chi connectivity index (χ2v) is 4.37. The summed E-state index contributed by atoms with van der Waals surface area (Å²) in [4.78, 5) is 0. The van der Waals surface area contributed by atoms with E-state index in [0.29, 0.717) is 5.75 Å². The maximum absolute atomic E-state index is 9.76. The topological polar surface area (TPSA) is 20.2 Å². The predicted octanol–water partition coefficient (Wildman–Crippen LogP) is 4.41. The maximum Gasteiger partial charge on any atom is 0.119 e. The minimum atomic E-state index is 0.214. The van der Waals surface area contributed by atoms with E-state index in [2.05, 4.69) is 26.5 Å². The van der Waals surface area contributed by atoms with Crippen LogP contribution in [0.1, 0.15) is 50.2 Å². The number of phenolic OH excluding ortho intramolecular Hbond substituents is 1. The Morgan fingerprint density at radius 1 is 1.38 bits per heavy atom. The molecule has 0 aromatic heterocycles. The van der Waals surface area contributed by atoms with Gasteiger partial charge in [0, 0.05) is 11.5 Å². The van der Waals surface area contributed by atoms with Crippen molar-refractivity contribution in [2.24, 2.45) is 0 Å². The molecule has 0 amide bonds. The molecule has 16 heavy (non-hydrogen) atoms. The Hall–Kier alpha value is -1.24. The highest BCUT2D eigenvalue weighted by Crippen LogP contribution is 2.27. The molecular weight excluding hydrogens is 196 g/mol. The molecule has 1 N–H and O–H groups in total. The van der Waals surface area contributed by atoms with Crippen LogP contribution in [0.2, 0.25) is 0 Å². The lowest BCUT2D eigenvalue weighted by atomic mass is 9.96. The fraction of sp³-hybridized carbons (Fsp3) is 0.467. The van der Waals surface area contributed by atoms with Gasteiger partial charge in [0.1, 0.15) is 5.75 Å². The molecule has 1 atom stereocenters. The number of aromatic hydroxyl groups is 1. The largest absolute Gasteiger partial charge is 0.508 e. The number of aryl methyl sites for hydroxylation is 1. The SMILES string of the molecule is C=CC(C)c1cc(CCCCC)ccc1O. The van der Waals surface area contributed by atoms with Crippen molar-refractivity contribution in [3.8, 4) is 5.75 Å². The summed E-state index contributed by atoms with van der Waals surface area (Å²) in [6.07, 6.45) is 6.71. The van der Waals surface area contributed by atoms with Crippen LogP contribution in [0, 0.1) is 0 Å². The molecule has 1 unspecified atom stereocenters. The summed E-state index contributed by atoms with van der Waals surface area (Å²) in [5, 5.41) is 9.76. The van der Waals surface area contributed by atoms with Gasteiger partial charge in [-0.2, -0.15) is 0 Å². The van der Waals surface area contributed by atoms with Gasteiger partial charge in [-0.25, -0.2) is 0 Å². The van der Waals surface area contributed by atoms with Crippen LogP contribution in [0.4, 0.5) is 0 Å². The third-order valence-corrected chi connectivity index (χ3v) is 3.01. The van der Waals surface area contributed by atoms with Crippen molar-refractivity contribution in [1.29, 1.82) is 0 Å². The van der Waals surface area contributed by atoms with Gasteiger partial charge >= 0.3 is 0 Å². The van der Waals surface area contributed by atoms with Crippen molar-refractivity contribution >= 4 is 0 Å². The molecule has 0 fully saturated rings. The minimum absolute atomic E-state index is 0.214. The highest BCUT2D eigenvalue weighted by molar-refractivity contribution is 5.40. The first kappa shape index (κ1) is 12.8. The summed E-state index contributed by atoms with van der Waals surface area (Å²) in [5.41, 5.74) is 2.30. The average molecular weight is 218 g/mol. The second kappa shape index (κ2) is 6.37. The normalized spacial score (nSPS) is 12.4. The van der Waals surface area contributed by atoms with E-state index in [1.165, 1.54) is 24.8 Å². The number of benzene rings is 1. The van der Waals surface area contributed by atoms with Crippen molar-refractivity contribution in [1.82, 2.24) is 0 Å². The third-order valence-electron chi connectivity index (χ3n) is 3.01. The summed E-state index contributed by atoms with van der Waals surface area (Å²) in [6.45, 7) is 8.04. The second-order valence-electron chi connectivity index (χ2n) is 4.37. The van der Waals surface area contributed by atoms with Gasteiger partial charge in [0.2, 0.25) is 0 Å². The van der Waals surface area contributed by atoms with Gasteiger partial charge in [-0.1, -0.05) is 44.9 Å². The van der Waals surface area contributed by atoms with E-state index in [9.17, 15) is 5.11 Å². The van der Waals surface area contributed by atoms with E-state index < -0.39 is 0 Å². The number of hydrogen-bond acceptors (Lipinski definition) is 1. The van der Waals surface area contributed by atoms with Crippen molar-refractivity contribution in [3.63, 3.8) is 0 Å². The van der Waals surface area contributed by atoms with Crippen LogP contribution in [0.5, 0.6) is 5.75 Å². The number of unbranched alkanes of at least 4 members (excludes halogenated alkanes) is 2. The summed E-state index contributed by atoms with van der Waals surface area (Å²) >= 11 is 0. The molecule has 0 heterocycles. The van der Waals surface area contributed by atoms with E-state index >= 15 is 0 Å². The van der Waals surface area contributed by atoms with Crippen LogP contribution in [0.3, 0.4) is 0 Å². The molecule has 0 aliphatic carbocycles. The molecule has 0 aliphatic rings. The first-order chi connectivity index (χ1) is 7.69. The van der Waals surface area contributed by atoms with E-state index in [0.717, 1.165) is 12.0 Å². The Morgan fingerprint density at radius 3 is 2.75 bits per heavy atom. The smallest absolute Gasteiger partial charge is 0.119 e. The maximum atomic E-state index is 9.76. The van der Waals surface area contributed by atoms with E-state index in [-0.39, 0.29) is 5.92 Å². The molecule has 0 spiro atoms. The Labute approximate surface area is 98.8 Å². The van der Waals surface area contributed by atoms with Gasteiger partial charge in [-0.3, -0.25) is 0 Å². The van der Waals surface area contributed by atoms with Crippen molar-refractivity contribution in [3.05, 3.63) is 42.0 Å². The molecule has 1 aromatic carbocycles. The molecular formula is C15H22O. The van der Waals surface area contributed by atoms with Gasteiger partial charge in [0.15, 0.2) is 0 Å². The Morgan fingerprint density at radius 2 is 2.12 bits per heavy atom. The van der Waals surface area contributed by atoms with Gasteiger partial charge < -0.3 is 5.11 Å². The molecule has 0 radical (unpaired) electrons. The monoisotopic (exact) mass is 218 g/mol. The average Bonchev–Trinajstić information content (AvgIpc) is 2.30. The fourth-order valence-electron chi connectivity index (χ4n) is 1.83. The molecule has 0 bridgehead atoms. The van der Waals surface area contributed by atoms with Crippen LogP contribution >= 0.6 is 0 Å². The van der Waals surface area contributed by atoms with Crippen LogP contribution in [-0.4, -0.2) is 5.11 Å². The Kier molecular flexibility index (Phi) is 5.10. The lowest BCUT2D eigenvalue weighted by molar-refractivity contribution is 0.466. The number of allylic oxidation sites excluding steroid dienone is 1. The van der Waals surface area contributed by atoms with Crippen LogP contribution in [0.25, 0.3) is 0 Å². The van der Waals surface area contributed by atoms with E-state index in [1.807, 2.05) is 12.1 Å². The van der Waals surface area contributed by atoms with Crippen molar-refractivity contribution < 1.29 is 5.11 Å². The van der Waals surface area contributed by atoms with Crippen LogP contribution in [0.15, 0.2) is 30.9 Å². The van der Waals surface area contributed by atoms with Gasteiger partial charge in [-0.15, -0.1) is 6.58 Å². The van der Waals surface area contributed by atoms with Gasteiger partial charge in [-0.05, 0) is 24.5 Å². The summed E-state index contributed by atoms with van der Waals surface area (Å²) in [5.74, 6) is 0.595. The number of phenols is 1. The quantitative estimate of drug-likeness (QED) is 0.553. The molecule has 1 heteroatoms. The predicted molar refractivity (Wildman–Crippen MR) is 69.9 cm³/mol. The molecule has 1 nitrogen and oxygen atoms in total. The zero-order valence-electron chi connectivity index (χ0n) is 10.4. The zero-order valence-corrected chi connectivity index (χ0v) is 10.4. The molecule has 1 rings (SSSR count). The summed E-state index contributed by atoms with van der Waals surface area (Å²) in [6, 6.07) is 5.93.